The zero-order valence-electron chi connectivity index (χ0n) is 9.46. The van der Waals surface area contributed by atoms with Gasteiger partial charge in [-0.3, -0.25) is 9.20 Å². The number of fused-ring (bicyclic) bond motifs is 1. The van der Waals surface area contributed by atoms with Crippen LogP contribution in [0.15, 0.2) is 11.6 Å². The molecule has 2 heterocycles. The standard InChI is InChI=1S/C12H14N2O2S/c15-8-10-11(13-12-14(10)6-7-17-12)16-9-4-2-1-3-5-9/h6-9H,1-5H2. The molecule has 0 bridgehead atoms. The number of carbonyl (C=O) groups is 1. The first-order chi connectivity index (χ1) is 8.38. The second-order valence-corrected chi connectivity index (χ2v) is 5.23. The van der Waals surface area contributed by atoms with Gasteiger partial charge in [0.1, 0.15) is 6.10 Å². The molecule has 0 N–H and O–H groups in total. The van der Waals surface area contributed by atoms with E-state index in [0.717, 1.165) is 24.1 Å². The van der Waals surface area contributed by atoms with Gasteiger partial charge in [0.2, 0.25) is 5.88 Å². The minimum absolute atomic E-state index is 0.229. The highest BCUT2D eigenvalue weighted by Gasteiger charge is 2.20. The van der Waals surface area contributed by atoms with Crippen molar-refractivity contribution in [2.75, 3.05) is 0 Å². The summed E-state index contributed by atoms with van der Waals surface area (Å²) in [6.07, 6.45) is 8.76. The molecule has 0 aromatic carbocycles. The smallest absolute Gasteiger partial charge is 0.244 e. The first-order valence-electron chi connectivity index (χ1n) is 5.96. The number of hydrogen-bond donors (Lipinski definition) is 0. The van der Waals surface area contributed by atoms with E-state index in [9.17, 15) is 4.79 Å². The maximum Gasteiger partial charge on any atom is 0.244 e. The van der Waals surface area contributed by atoms with Gasteiger partial charge < -0.3 is 4.74 Å². The molecular formula is C12H14N2O2S. The third-order valence-electron chi connectivity index (χ3n) is 3.21. The lowest BCUT2D eigenvalue weighted by Crippen LogP contribution is -2.20. The zero-order chi connectivity index (χ0) is 11.7. The number of rotatable bonds is 3. The Kier molecular flexibility index (Phi) is 2.84. The molecule has 0 unspecified atom stereocenters. The zero-order valence-corrected chi connectivity index (χ0v) is 10.3. The van der Waals surface area contributed by atoms with Gasteiger partial charge in [0.15, 0.2) is 16.9 Å². The van der Waals surface area contributed by atoms with Gasteiger partial charge in [-0.1, -0.05) is 6.42 Å². The minimum Gasteiger partial charge on any atom is -0.473 e. The molecule has 0 atom stereocenters. The van der Waals surface area contributed by atoms with Crippen molar-refractivity contribution in [1.29, 1.82) is 0 Å². The molecular weight excluding hydrogens is 236 g/mol. The van der Waals surface area contributed by atoms with E-state index in [0.29, 0.717) is 11.6 Å². The highest BCUT2D eigenvalue weighted by molar-refractivity contribution is 7.15. The number of carbonyl (C=O) groups excluding carboxylic acids is 1. The summed E-state index contributed by atoms with van der Waals surface area (Å²) in [4.78, 5) is 16.3. The van der Waals surface area contributed by atoms with Crippen LogP contribution in [0.3, 0.4) is 0 Å². The fourth-order valence-electron chi connectivity index (χ4n) is 2.32. The third kappa shape index (κ3) is 1.95. The second-order valence-electron chi connectivity index (χ2n) is 4.35. The average molecular weight is 250 g/mol. The summed E-state index contributed by atoms with van der Waals surface area (Å²) in [6, 6.07) is 0. The first kappa shape index (κ1) is 10.8. The largest absolute Gasteiger partial charge is 0.473 e. The number of thiazole rings is 1. The van der Waals surface area contributed by atoms with Crippen LogP contribution in [0.2, 0.25) is 0 Å². The highest BCUT2D eigenvalue weighted by atomic mass is 32.1. The molecule has 5 heteroatoms. The Morgan fingerprint density at radius 1 is 1.41 bits per heavy atom. The lowest BCUT2D eigenvalue weighted by molar-refractivity contribution is 0.110. The molecule has 1 saturated carbocycles. The van der Waals surface area contributed by atoms with Crippen LogP contribution >= 0.6 is 11.3 Å². The van der Waals surface area contributed by atoms with Gasteiger partial charge in [0, 0.05) is 11.6 Å². The lowest BCUT2D eigenvalue weighted by atomic mass is 9.98. The molecule has 0 saturated heterocycles. The quantitative estimate of drug-likeness (QED) is 0.787. The van der Waals surface area contributed by atoms with Crippen LogP contribution in [-0.4, -0.2) is 21.8 Å². The summed E-state index contributed by atoms with van der Waals surface area (Å²) in [6.45, 7) is 0. The Morgan fingerprint density at radius 3 is 3.00 bits per heavy atom. The SMILES string of the molecule is O=Cc1c(OC2CCCCC2)nc2sccn12. The van der Waals surface area contributed by atoms with Crippen molar-refractivity contribution in [2.24, 2.45) is 0 Å². The van der Waals surface area contributed by atoms with E-state index >= 15 is 0 Å². The molecule has 1 aliphatic rings. The molecule has 1 fully saturated rings. The van der Waals surface area contributed by atoms with E-state index in [2.05, 4.69) is 4.98 Å². The molecule has 3 rings (SSSR count). The molecule has 0 radical (unpaired) electrons. The average Bonchev–Trinajstić information content (AvgIpc) is 2.90. The molecule has 0 spiro atoms. The maximum atomic E-state index is 11.1. The number of aromatic nitrogens is 2. The topological polar surface area (TPSA) is 43.6 Å². The Balaban J connectivity index is 1.88. The Hall–Kier alpha value is -1.36. The molecule has 2 aromatic heterocycles. The predicted octanol–water partition coefficient (Wildman–Crippen LogP) is 2.92. The number of nitrogens with zero attached hydrogens (tertiary/aromatic N) is 2. The fraction of sp³-hybridized carbons (Fsp3) is 0.500. The minimum atomic E-state index is 0.229. The van der Waals surface area contributed by atoms with Crippen LogP contribution < -0.4 is 4.74 Å². The van der Waals surface area contributed by atoms with E-state index in [1.807, 2.05) is 11.6 Å². The van der Waals surface area contributed by atoms with Gasteiger partial charge in [0.05, 0.1) is 0 Å². The summed E-state index contributed by atoms with van der Waals surface area (Å²) in [5, 5.41) is 1.92. The summed E-state index contributed by atoms with van der Waals surface area (Å²) >= 11 is 1.51. The van der Waals surface area contributed by atoms with Gasteiger partial charge in [-0.15, -0.1) is 11.3 Å². The Labute approximate surface area is 103 Å². The van der Waals surface area contributed by atoms with Crippen LogP contribution in [0, 0.1) is 0 Å². The molecule has 0 aliphatic heterocycles. The molecule has 2 aromatic rings. The second kappa shape index (κ2) is 4.49. The predicted molar refractivity (Wildman–Crippen MR) is 66.0 cm³/mol. The summed E-state index contributed by atoms with van der Waals surface area (Å²) < 4.78 is 7.65. The van der Waals surface area contributed by atoms with Gasteiger partial charge in [-0.25, -0.2) is 0 Å². The van der Waals surface area contributed by atoms with Gasteiger partial charge in [-0.2, -0.15) is 4.98 Å². The van der Waals surface area contributed by atoms with Gasteiger partial charge in [-0.05, 0) is 25.7 Å². The Morgan fingerprint density at radius 2 is 2.24 bits per heavy atom. The summed E-state index contributed by atoms with van der Waals surface area (Å²) in [5.41, 5.74) is 0.534. The Bertz CT molecular complexity index is 526. The van der Waals surface area contributed by atoms with Crippen molar-refractivity contribution in [2.45, 2.75) is 38.2 Å². The molecule has 0 amide bonds. The van der Waals surface area contributed by atoms with Crippen LogP contribution in [0.4, 0.5) is 0 Å². The third-order valence-corrected chi connectivity index (χ3v) is 3.96. The van der Waals surface area contributed by atoms with E-state index in [1.54, 1.807) is 4.40 Å². The first-order valence-corrected chi connectivity index (χ1v) is 6.84. The number of ether oxygens (including phenoxy) is 1. The molecule has 17 heavy (non-hydrogen) atoms. The van der Waals surface area contributed by atoms with Crippen LogP contribution in [-0.2, 0) is 0 Å². The van der Waals surface area contributed by atoms with Crippen molar-refractivity contribution >= 4 is 22.6 Å². The van der Waals surface area contributed by atoms with Crippen LogP contribution in [0.5, 0.6) is 5.88 Å². The van der Waals surface area contributed by atoms with E-state index in [-0.39, 0.29) is 6.10 Å². The van der Waals surface area contributed by atoms with Gasteiger partial charge >= 0.3 is 0 Å². The van der Waals surface area contributed by atoms with Crippen molar-refractivity contribution in [1.82, 2.24) is 9.38 Å². The normalized spacial score (nSPS) is 17.4. The molecule has 4 nitrogen and oxygen atoms in total. The highest BCUT2D eigenvalue weighted by Crippen LogP contribution is 2.26. The van der Waals surface area contributed by atoms with E-state index < -0.39 is 0 Å². The van der Waals surface area contributed by atoms with E-state index in [1.165, 1.54) is 30.6 Å². The lowest BCUT2D eigenvalue weighted by Gasteiger charge is -2.21. The monoisotopic (exact) mass is 250 g/mol. The van der Waals surface area contributed by atoms with Crippen molar-refractivity contribution in [3.05, 3.63) is 17.3 Å². The number of aldehydes is 1. The number of hydrogen-bond acceptors (Lipinski definition) is 4. The molecule has 1 aliphatic carbocycles. The van der Waals surface area contributed by atoms with Crippen molar-refractivity contribution < 1.29 is 9.53 Å². The van der Waals surface area contributed by atoms with Gasteiger partial charge in [0.25, 0.3) is 0 Å². The van der Waals surface area contributed by atoms with Crippen molar-refractivity contribution in [3.8, 4) is 5.88 Å². The van der Waals surface area contributed by atoms with Crippen LogP contribution in [0.25, 0.3) is 4.96 Å². The van der Waals surface area contributed by atoms with Crippen LogP contribution in [0.1, 0.15) is 42.6 Å². The van der Waals surface area contributed by atoms with Crippen molar-refractivity contribution in [3.63, 3.8) is 0 Å². The maximum absolute atomic E-state index is 11.1. The summed E-state index contributed by atoms with van der Waals surface area (Å²) in [5.74, 6) is 0.499. The summed E-state index contributed by atoms with van der Waals surface area (Å²) in [7, 11) is 0. The van der Waals surface area contributed by atoms with E-state index in [4.69, 9.17) is 4.74 Å². The fourth-order valence-corrected chi connectivity index (χ4v) is 3.03. The number of imidazole rings is 1. The molecule has 90 valence electrons.